The second-order valence-corrected chi connectivity index (χ2v) is 6.04. The summed E-state index contributed by atoms with van der Waals surface area (Å²) in [6.45, 7) is 1.83. The summed E-state index contributed by atoms with van der Waals surface area (Å²) in [5.41, 5.74) is 2.40. The van der Waals surface area contributed by atoms with Gasteiger partial charge in [0.05, 0.1) is 19.5 Å². The van der Waals surface area contributed by atoms with E-state index in [-0.39, 0.29) is 17.4 Å². The predicted octanol–water partition coefficient (Wildman–Crippen LogP) is 3.36. The molecule has 2 N–H and O–H groups in total. The topological polar surface area (TPSA) is 93.2 Å². The van der Waals surface area contributed by atoms with Crippen molar-refractivity contribution >= 4 is 23.2 Å². The van der Waals surface area contributed by atoms with Gasteiger partial charge in [0, 0.05) is 23.4 Å². The Morgan fingerprint density at radius 1 is 1.04 bits per heavy atom. The number of methoxy groups -OCH3 is 1. The lowest BCUT2D eigenvalue weighted by Crippen LogP contribution is -2.24. The number of para-hydroxylation sites is 1. The average Bonchev–Trinajstić information content (AvgIpc) is 2.73. The highest BCUT2D eigenvalue weighted by Gasteiger charge is 2.10. The van der Waals surface area contributed by atoms with Gasteiger partial charge in [-0.1, -0.05) is 30.3 Å². The Hall–Kier alpha value is -3.74. The summed E-state index contributed by atoms with van der Waals surface area (Å²) in [6, 6.07) is 14.6. The van der Waals surface area contributed by atoms with Crippen molar-refractivity contribution in [3.05, 3.63) is 77.7 Å². The average molecular weight is 376 g/mol. The van der Waals surface area contributed by atoms with E-state index in [0.717, 1.165) is 11.3 Å². The van der Waals surface area contributed by atoms with Crippen LogP contribution >= 0.6 is 0 Å². The minimum absolute atomic E-state index is 0.0169. The number of rotatable bonds is 7. The molecule has 0 aliphatic rings. The zero-order chi connectivity index (χ0) is 19.9. The van der Waals surface area contributed by atoms with Crippen molar-refractivity contribution in [3.63, 3.8) is 0 Å². The maximum Gasteiger partial charge on any atom is 0.271 e. The summed E-state index contributed by atoms with van der Waals surface area (Å²) in [7, 11) is 1.59. The highest BCUT2D eigenvalue weighted by Crippen LogP contribution is 2.17. The van der Waals surface area contributed by atoms with Gasteiger partial charge in [-0.15, -0.1) is 0 Å². The van der Waals surface area contributed by atoms with Gasteiger partial charge in [-0.3, -0.25) is 9.59 Å². The van der Waals surface area contributed by atoms with Crippen LogP contribution in [0.3, 0.4) is 0 Å². The molecule has 1 heterocycles. The Labute approximate surface area is 162 Å². The maximum atomic E-state index is 12.3. The smallest absolute Gasteiger partial charge is 0.271 e. The van der Waals surface area contributed by atoms with Gasteiger partial charge in [-0.25, -0.2) is 9.97 Å². The molecule has 0 radical (unpaired) electrons. The number of Topliss-reactive ketones (excluding diaryl/α,β-unsaturated/α-hetero) is 1. The molecule has 0 aliphatic carbocycles. The molecule has 0 bridgehead atoms. The summed E-state index contributed by atoms with van der Waals surface area (Å²) in [5, 5.41) is 5.86. The van der Waals surface area contributed by atoms with Crippen LogP contribution in [0.25, 0.3) is 0 Å². The van der Waals surface area contributed by atoms with Crippen LogP contribution in [-0.2, 0) is 6.54 Å². The lowest BCUT2D eigenvalue weighted by molar-refractivity contribution is 0.0944. The molecule has 0 unspecified atom stereocenters. The van der Waals surface area contributed by atoms with Gasteiger partial charge < -0.3 is 15.4 Å². The first-order chi connectivity index (χ1) is 13.6. The van der Waals surface area contributed by atoms with Crippen molar-refractivity contribution in [3.8, 4) is 5.75 Å². The van der Waals surface area contributed by atoms with E-state index in [1.807, 2.05) is 30.3 Å². The molecule has 7 heteroatoms. The second-order valence-electron chi connectivity index (χ2n) is 6.04. The van der Waals surface area contributed by atoms with Gasteiger partial charge in [-0.05, 0) is 25.1 Å². The molecule has 3 aromatic rings. The van der Waals surface area contributed by atoms with Crippen LogP contribution in [0.4, 0.5) is 11.5 Å². The number of nitrogens with zero attached hydrogens (tertiary/aromatic N) is 2. The van der Waals surface area contributed by atoms with Crippen LogP contribution in [0.2, 0.25) is 0 Å². The van der Waals surface area contributed by atoms with Gasteiger partial charge in [0.1, 0.15) is 17.3 Å². The maximum absolute atomic E-state index is 12.3. The first kappa shape index (κ1) is 19.0. The summed E-state index contributed by atoms with van der Waals surface area (Å²) < 4.78 is 5.27. The second kappa shape index (κ2) is 8.77. The highest BCUT2D eigenvalue weighted by molar-refractivity contribution is 5.95. The quantitative estimate of drug-likeness (QED) is 0.614. The molecular formula is C21H20N4O3. The molecule has 0 fully saturated rings. The molecule has 3 rings (SSSR count). The van der Waals surface area contributed by atoms with Crippen molar-refractivity contribution in [2.75, 3.05) is 12.4 Å². The Morgan fingerprint density at radius 2 is 1.86 bits per heavy atom. The van der Waals surface area contributed by atoms with E-state index in [2.05, 4.69) is 20.6 Å². The van der Waals surface area contributed by atoms with Crippen LogP contribution in [0.5, 0.6) is 5.75 Å². The Bertz CT molecular complexity index is 987. The van der Waals surface area contributed by atoms with Crippen molar-refractivity contribution in [1.82, 2.24) is 15.3 Å². The zero-order valence-electron chi connectivity index (χ0n) is 15.6. The van der Waals surface area contributed by atoms with E-state index in [1.54, 1.807) is 25.3 Å². The fourth-order valence-electron chi connectivity index (χ4n) is 2.59. The predicted molar refractivity (Wildman–Crippen MR) is 106 cm³/mol. The Kier molecular flexibility index (Phi) is 5.96. The molecule has 28 heavy (non-hydrogen) atoms. The van der Waals surface area contributed by atoms with Crippen molar-refractivity contribution < 1.29 is 14.3 Å². The molecule has 2 aromatic carbocycles. The fourth-order valence-corrected chi connectivity index (χ4v) is 2.59. The third kappa shape index (κ3) is 4.70. The van der Waals surface area contributed by atoms with Crippen LogP contribution in [0.1, 0.15) is 33.3 Å². The van der Waals surface area contributed by atoms with Gasteiger partial charge >= 0.3 is 0 Å². The summed E-state index contributed by atoms with van der Waals surface area (Å²) in [5.74, 6) is 0.837. The number of hydrogen-bond acceptors (Lipinski definition) is 6. The molecule has 0 saturated heterocycles. The number of ketones is 1. The van der Waals surface area contributed by atoms with Crippen molar-refractivity contribution in [1.29, 1.82) is 0 Å². The van der Waals surface area contributed by atoms with E-state index >= 15 is 0 Å². The number of aromatic nitrogens is 2. The van der Waals surface area contributed by atoms with Gasteiger partial charge in [0.15, 0.2) is 5.78 Å². The molecule has 0 saturated carbocycles. The lowest BCUT2D eigenvalue weighted by atomic mass is 10.1. The number of carbonyl (C=O) groups excluding carboxylic acids is 2. The summed E-state index contributed by atoms with van der Waals surface area (Å²) >= 11 is 0. The fraction of sp³-hybridized carbons (Fsp3) is 0.143. The molecule has 0 aliphatic heterocycles. The number of benzene rings is 2. The zero-order valence-corrected chi connectivity index (χ0v) is 15.6. The normalized spacial score (nSPS) is 10.2. The monoisotopic (exact) mass is 376 g/mol. The number of ether oxygens (including phenoxy) is 1. The third-order valence-corrected chi connectivity index (χ3v) is 4.06. The summed E-state index contributed by atoms with van der Waals surface area (Å²) in [4.78, 5) is 32.1. The number of anilines is 2. The van der Waals surface area contributed by atoms with Crippen molar-refractivity contribution in [2.24, 2.45) is 0 Å². The van der Waals surface area contributed by atoms with E-state index in [4.69, 9.17) is 4.74 Å². The van der Waals surface area contributed by atoms with Gasteiger partial charge in [0.2, 0.25) is 0 Å². The summed E-state index contributed by atoms with van der Waals surface area (Å²) in [6.07, 6.45) is 2.87. The number of hydrogen-bond donors (Lipinski definition) is 2. The van der Waals surface area contributed by atoms with Gasteiger partial charge in [-0.2, -0.15) is 0 Å². The molecule has 0 atom stereocenters. The Morgan fingerprint density at radius 3 is 2.57 bits per heavy atom. The minimum Gasteiger partial charge on any atom is -0.496 e. The first-order valence-electron chi connectivity index (χ1n) is 8.67. The molecule has 1 aromatic heterocycles. The largest absolute Gasteiger partial charge is 0.496 e. The van der Waals surface area contributed by atoms with Gasteiger partial charge in [0.25, 0.3) is 5.91 Å². The molecule has 142 valence electrons. The molecule has 0 spiro atoms. The van der Waals surface area contributed by atoms with Crippen LogP contribution in [-0.4, -0.2) is 28.8 Å². The van der Waals surface area contributed by atoms with E-state index in [9.17, 15) is 9.59 Å². The molecule has 7 nitrogen and oxygen atoms in total. The third-order valence-electron chi connectivity index (χ3n) is 4.06. The van der Waals surface area contributed by atoms with Crippen LogP contribution in [0, 0.1) is 0 Å². The molecular weight excluding hydrogens is 356 g/mol. The number of carbonyl (C=O) groups is 2. The Balaban J connectivity index is 1.63. The number of nitrogens with one attached hydrogen (secondary N) is 2. The first-order valence-corrected chi connectivity index (χ1v) is 8.67. The molecule has 1 amide bonds. The van der Waals surface area contributed by atoms with E-state index in [1.165, 1.54) is 19.3 Å². The minimum atomic E-state index is -0.330. The SMILES string of the molecule is COc1ccccc1CNC(=O)c1cnc(Nc2cccc(C(C)=O)c2)cn1. The van der Waals surface area contributed by atoms with Crippen LogP contribution < -0.4 is 15.4 Å². The standard InChI is InChI=1S/C21H20N4O3/c1-14(26)15-7-5-8-17(10-15)25-20-13-22-18(12-23-20)21(27)24-11-16-6-3-4-9-19(16)28-2/h3-10,12-13H,11H2,1-2H3,(H,23,25)(H,24,27). The van der Waals surface area contributed by atoms with E-state index in [0.29, 0.717) is 23.7 Å². The lowest BCUT2D eigenvalue weighted by Gasteiger charge is -2.10. The van der Waals surface area contributed by atoms with E-state index < -0.39 is 0 Å². The number of amides is 1. The van der Waals surface area contributed by atoms with Crippen molar-refractivity contribution in [2.45, 2.75) is 13.5 Å². The van der Waals surface area contributed by atoms with Crippen LogP contribution in [0.15, 0.2) is 60.9 Å². The highest BCUT2D eigenvalue weighted by atomic mass is 16.5.